The predicted molar refractivity (Wildman–Crippen MR) is 81.1 cm³/mol. The molecule has 1 aliphatic heterocycles. The molecule has 1 N–H and O–H groups in total. The number of amides is 1. The monoisotopic (exact) mass is 287 g/mol. The molecule has 1 saturated heterocycles. The summed E-state index contributed by atoms with van der Waals surface area (Å²) in [5.41, 5.74) is 1.48. The lowest BCUT2D eigenvalue weighted by atomic mass is 10.1. The second kappa shape index (κ2) is 5.48. The molecule has 3 rings (SSSR count). The Bertz CT molecular complexity index is 663. The Kier molecular flexibility index (Phi) is 3.68. The second-order valence-electron chi connectivity index (χ2n) is 5.87. The van der Waals surface area contributed by atoms with Crippen LogP contribution in [0.2, 0.25) is 0 Å². The van der Waals surface area contributed by atoms with E-state index in [1.54, 1.807) is 11.6 Å². The average molecular weight is 287 g/mol. The van der Waals surface area contributed by atoms with Gasteiger partial charge < -0.3 is 10.0 Å². The van der Waals surface area contributed by atoms with Gasteiger partial charge in [-0.25, -0.2) is 0 Å². The molecule has 21 heavy (non-hydrogen) atoms. The van der Waals surface area contributed by atoms with Crippen LogP contribution in [0.1, 0.15) is 36.7 Å². The van der Waals surface area contributed by atoms with Crippen molar-refractivity contribution >= 4 is 16.8 Å². The summed E-state index contributed by atoms with van der Waals surface area (Å²) < 4.78 is 1.75. The predicted octanol–water partition coefficient (Wildman–Crippen LogP) is 1.95. The molecule has 1 aromatic carbocycles. The van der Waals surface area contributed by atoms with E-state index in [1.807, 2.05) is 36.2 Å². The van der Waals surface area contributed by atoms with Crippen molar-refractivity contribution in [2.75, 3.05) is 6.54 Å². The standard InChI is InChI=1S/C16H21N3O2/c1-11(20)10-12-6-5-9-19(12)16(21)15-13-7-3-4-8-14(13)18(2)17-15/h3-4,7-8,11-12,20H,5-6,9-10H2,1-2H3. The van der Waals surface area contributed by atoms with Gasteiger partial charge >= 0.3 is 0 Å². The van der Waals surface area contributed by atoms with Gasteiger partial charge in [-0.2, -0.15) is 5.10 Å². The van der Waals surface area contributed by atoms with Crippen LogP contribution in [0.4, 0.5) is 0 Å². The number of aliphatic hydroxyl groups is 1. The molecule has 0 aliphatic carbocycles. The molecule has 0 radical (unpaired) electrons. The molecule has 5 nitrogen and oxygen atoms in total. The van der Waals surface area contributed by atoms with E-state index in [0.29, 0.717) is 12.1 Å². The number of likely N-dealkylation sites (tertiary alicyclic amines) is 1. The number of aryl methyl sites for hydroxylation is 1. The van der Waals surface area contributed by atoms with Crippen LogP contribution in [0.25, 0.3) is 10.9 Å². The van der Waals surface area contributed by atoms with Crippen molar-refractivity contribution in [1.29, 1.82) is 0 Å². The van der Waals surface area contributed by atoms with Gasteiger partial charge in [0.2, 0.25) is 0 Å². The van der Waals surface area contributed by atoms with Crippen molar-refractivity contribution in [2.24, 2.45) is 7.05 Å². The van der Waals surface area contributed by atoms with Gasteiger partial charge in [-0.15, -0.1) is 0 Å². The topological polar surface area (TPSA) is 58.4 Å². The molecule has 1 fully saturated rings. The molecule has 1 amide bonds. The summed E-state index contributed by atoms with van der Waals surface area (Å²) in [4.78, 5) is 14.7. The first-order chi connectivity index (χ1) is 10.1. The van der Waals surface area contributed by atoms with E-state index >= 15 is 0 Å². The summed E-state index contributed by atoms with van der Waals surface area (Å²) >= 11 is 0. The molecular weight excluding hydrogens is 266 g/mol. The van der Waals surface area contributed by atoms with Crippen LogP contribution in [0.5, 0.6) is 0 Å². The van der Waals surface area contributed by atoms with Crippen molar-refractivity contribution < 1.29 is 9.90 Å². The van der Waals surface area contributed by atoms with Crippen LogP contribution < -0.4 is 0 Å². The van der Waals surface area contributed by atoms with Crippen LogP contribution in [-0.4, -0.2) is 44.4 Å². The molecule has 1 aliphatic rings. The summed E-state index contributed by atoms with van der Waals surface area (Å²) in [6.45, 7) is 2.53. The van der Waals surface area contributed by atoms with Crippen molar-refractivity contribution in [3.63, 3.8) is 0 Å². The highest BCUT2D eigenvalue weighted by Gasteiger charge is 2.32. The number of para-hydroxylation sites is 1. The van der Waals surface area contributed by atoms with Crippen molar-refractivity contribution in [1.82, 2.24) is 14.7 Å². The molecule has 2 heterocycles. The number of fused-ring (bicyclic) bond motifs is 1. The van der Waals surface area contributed by atoms with E-state index in [1.165, 1.54) is 0 Å². The lowest BCUT2D eigenvalue weighted by Gasteiger charge is -2.25. The summed E-state index contributed by atoms with van der Waals surface area (Å²) in [5.74, 6) is -0.0186. The van der Waals surface area contributed by atoms with E-state index < -0.39 is 0 Å². The van der Waals surface area contributed by atoms with E-state index in [0.717, 1.165) is 30.3 Å². The third-order valence-corrected chi connectivity index (χ3v) is 4.21. The van der Waals surface area contributed by atoms with Gasteiger partial charge in [-0.1, -0.05) is 18.2 Å². The van der Waals surface area contributed by atoms with Crippen molar-refractivity contribution in [3.8, 4) is 0 Å². The van der Waals surface area contributed by atoms with Crippen molar-refractivity contribution in [3.05, 3.63) is 30.0 Å². The van der Waals surface area contributed by atoms with Crippen LogP contribution in [0.3, 0.4) is 0 Å². The maximum atomic E-state index is 12.8. The van der Waals surface area contributed by atoms with Gasteiger partial charge in [0, 0.05) is 25.0 Å². The van der Waals surface area contributed by atoms with E-state index in [-0.39, 0.29) is 18.1 Å². The Labute approximate surface area is 124 Å². The van der Waals surface area contributed by atoms with Gasteiger partial charge in [0.05, 0.1) is 11.6 Å². The molecule has 1 aromatic heterocycles. The number of aromatic nitrogens is 2. The fourth-order valence-electron chi connectivity index (χ4n) is 3.25. The van der Waals surface area contributed by atoms with Gasteiger partial charge in [-0.3, -0.25) is 9.48 Å². The molecule has 5 heteroatoms. The number of carbonyl (C=O) groups is 1. The first-order valence-corrected chi connectivity index (χ1v) is 7.48. The molecular formula is C16H21N3O2. The highest BCUT2D eigenvalue weighted by Crippen LogP contribution is 2.26. The maximum absolute atomic E-state index is 12.8. The number of aliphatic hydroxyl groups excluding tert-OH is 1. The van der Waals surface area contributed by atoms with Gasteiger partial charge in [0.15, 0.2) is 5.69 Å². The molecule has 0 saturated carbocycles. The Balaban J connectivity index is 1.93. The fourth-order valence-corrected chi connectivity index (χ4v) is 3.25. The zero-order valence-electron chi connectivity index (χ0n) is 12.5. The van der Waals surface area contributed by atoms with E-state index in [2.05, 4.69) is 5.10 Å². The molecule has 2 atom stereocenters. The lowest BCUT2D eigenvalue weighted by molar-refractivity contribution is 0.0677. The summed E-state index contributed by atoms with van der Waals surface area (Å²) in [6.07, 6.45) is 2.20. The van der Waals surface area contributed by atoms with Gasteiger partial charge in [0.1, 0.15) is 0 Å². The normalized spacial score (nSPS) is 20.1. The maximum Gasteiger partial charge on any atom is 0.275 e. The SMILES string of the molecule is CC(O)CC1CCCN1C(=O)c1nn(C)c2ccccc12. The van der Waals surface area contributed by atoms with Crippen LogP contribution in [0.15, 0.2) is 24.3 Å². The first kappa shape index (κ1) is 14.1. The van der Waals surface area contributed by atoms with E-state index in [9.17, 15) is 9.90 Å². The smallest absolute Gasteiger partial charge is 0.275 e. The highest BCUT2D eigenvalue weighted by molar-refractivity contribution is 6.05. The number of carbonyl (C=O) groups excluding carboxylic acids is 1. The van der Waals surface area contributed by atoms with Gasteiger partial charge in [0.25, 0.3) is 5.91 Å². The third kappa shape index (κ3) is 2.53. The Morgan fingerprint density at radius 2 is 2.24 bits per heavy atom. The number of nitrogens with zero attached hydrogens (tertiary/aromatic N) is 3. The zero-order valence-corrected chi connectivity index (χ0v) is 12.5. The van der Waals surface area contributed by atoms with Crippen molar-refractivity contribution in [2.45, 2.75) is 38.3 Å². The molecule has 2 aromatic rings. The first-order valence-electron chi connectivity index (χ1n) is 7.48. The summed E-state index contributed by atoms with van der Waals surface area (Å²) in [5, 5.41) is 14.9. The number of rotatable bonds is 3. The number of hydrogen-bond donors (Lipinski definition) is 1. The zero-order chi connectivity index (χ0) is 15.0. The quantitative estimate of drug-likeness (QED) is 0.938. The number of benzene rings is 1. The molecule has 0 bridgehead atoms. The summed E-state index contributed by atoms with van der Waals surface area (Å²) in [6, 6.07) is 7.91. The Hall–Kier alpha value is -1.88. The van der Waals surface area contributed by atoms with E-state index in [4.69, 9.17) is 0 Å². The Morgan fingerprint density at radius 3 is 3.00 bits per heavy atom. The molecule has 0 spiro atoms. The highest BCUT2D eigenvalue weighted by atomic mass is 16.3. The van der Waals surface area contributed by atoms with Crippen LogP contribution >= 0.6 is 0 Å². The Morgan fingerprint density at radius 1 is 1.48 bits per heavy atom. The van der Waals surface area contributed by atoms with Gasteiger partial charge in [-0.05, 0) is 32.3 Å². The average Bonchev–Trinajstić information content (AvgIpc) is 3.03. The summed E-state index contributed by atoms with van der Waals surface area (Å²) in [7, 11) is 1.86. The van der Waals surface area contributed by atoms with Crippen LogP contribution in [-0.2, 0) is 7.05 Å². The fraction of sp³-hybridized carbons (Fsp3) is 0.500. The third-order valence-electron chi connectivity index (χ3n) is 4.21. The largest absolute Gasteiger partial charge is 0.393 e. The minimum Gasteiger partial charge on any atom is -0.393 e. The van der Waals surface area contributed by atoms with Crippen LogP contribution in [0, 0.1) is 0 Å². The number of hydrogen-bond acceptors (Lipinski definition) is 3. The molecule has 2 unspecified atom stereocenters. The lowest BCUT2D eigenvalue weighted by Crippen LogP contribution is -2.37. The minimum absolute atomic E-state index is 0.0186. The molecule has 112 valence electrons. The second-order valence-corrected chi connectivity index (χ2v) is 5.87. The minimum atomic E-state index is -0.385.